The number of hydrogen-bond donors (Lipinski definition) is 2. The molecule has 0 fully saturated rings. The summed E-state index contributed by atoms with van der Waals surface area (Å²) in [6, 6.07) is 5.33. The lowest BCUT2D eigenvalue weighted by atomic mass is 9.86. The number of nitrogens with two attached hydrogens (primary N) is 1. The minimum atomic E-state index is -0.589. The normalized spacial score (nSPS) is 15.0. The molecule has 0 saturated carbocycles. The molecule has 0 bridgehead atoms. The molecule has 0 saturated heterocycles. The van der Waals surface area contributed by atoms with Crippen LogP contribution in [0.15, 0.2) is 24.3 Å². The van der Waals surface area contributed by atoms with Gasteiger partial charge in [0.1, 0.15) is 5.82 Å². The molecule has 1 amide bonds. The van der Waals surface area contributed by atoms with Crippen molar-refractivity contribution in [2.45, 2.75) is 39.8 Å². The summed E-state index contributed by atoms with van der Waals surface area (Å²) in [7, 11) is 0. The van der Waals surface area contributed by atoms with Gasteiger partial charge in [-0.2, -0.15) is 0 Å². The van der Waals surface area contributed by atoms with Crippen molar-refractivity contribution in [3.05, 3.63) is 35.6 Å². The molecule has 0 aliphatic heterocycles. The van der Waals surface area contributed by atoms with Gasteiger partial charge in [-0.1, -0.05) is 32.9 Å². The molecule has 0 aliphatic carbocycles. The molecule has 1 unspecified atom stereocenters. The number of benzene rings is 1. The molecular weight excluding hydrogens is 231 g/mol. The van der Waals surface area contributed by atoms with Crippen molar-refractivity contribution >= 4 is 5.91 Å². The summed E-state index contributed by atoms with van der Waals surface area (Å²) >= 11 is 0. The molecule has 1 aromatic rings. The molecule has 0 aliphatic rings. The molecule has 0 aromatic heterocycles. The highest BCUT2D eigenvalue weighted by atomic mass is 19.1. The molecule has 1 aromatic carbocycles. The third kappa shape index (κ3) is 3.81. The Morgan fingerprint density at radius 3 is 2.50 bits per heavy atom. The maximum absolute atomic E-state index is 13.1. The van der Waals surface area contributed by atoms with Crippen molar-refractivity contribution < 1.29 is 9.18 Å². The van der Waals surface area contributed by atoms with E-state index in [4.69, 9.17) is 5.73 Å². The van der Waals surface area contributed by atoms with E-state index in [2.05, 4.69) is 5.32 Å². The lowest BCUT2D eigenvalue weighted by Gasteiger charge is -2.27. The fraction of sp³-hybridized carbons (Fsp3) is 0.500. The van der Waals surface area contributed by atoms with Crippen molar-refractivity contribution in [3.8, 4) is 0 Å². The molecule has 2 atom stereocenters. The second kappa shape index (κ2) is 5.48. The maximum atomic E-state index is 13.1. The van der Waals surface area contributed by atoms with Gasteiger partial charge < -0.3 is 11.1 Å². The first-order chi connectivity index (χ1) is 8.21. The number of carbonyl (C=O) groups excluding carboxylic acids is 1. The lowest BCUT2D eigenvalue weighted by molar-refractivity contribution is -0.125. The SMILES string of the molecule is C[C@H](NC(=O)C(N)C(C)(C)C)c1cccc(F)c1. The fourth-order valence-electron chi connectivity index (χ4n) is 1.56. The van der Waals surface area contributed by atoms with E-state index >= 15 is 0 Å². The molecule has 0 heterocycles. The van der Waals surface area contributed by atoms with Gasteiger partial charge in [-0.25, -0.2) is 4.39 Å². The van der Waals surface area contributed by atoms with Crippen LogP contribution >= 0.6 is 0 Å². The van der Waals surface area contributed by atoms with Crippen molar-refractivity contribution in [1.29, 1.82) is 0 Å². The van der Waals surface area contributed by atoms with Crippen LogP contribution in [0.4, 0.5) is 4.39 Å². The molecule has 18 heavy (non-hydrogen) atoms. The van der Waals surface area contributed by atoms with E-state index in [1.54, 1.807) is 12.1 Å². The predicted molar refractivity (Wildman–Crippen MR) is 70.4 cm³/mol. The zero-order chi connectivity index (χ0) is 13.9. The smallest absolute Gasteiger partial charge is 0.237 e. The van der Waals surface area contributed by atoms with Gasteiger partial charge in [0.2, 0.25) is 5.91 Å². The summed E-state index contributed by atoms with van der Waals surface area (Å²) < 4.78 is 13.1. The Balaban J connectivity index is 2.71. The number of amides is 1. The van der Waals surface area contributed by atoms with Crippen LogP contribution in [-0.4, -0.2) is 11.9 Å². The number of halogens is 1. The highest BCUT2D eigenvalue weighted by Gasteiger charge is 2.28. The van der Waals surface area contributed by atoms with Crippen LogP contribution in [0.3, 0.4) is 0 Å². The van der Waals surface area contributed by atoms with E-state index < -0.39 is 6.04 Å². The first-order valence-corrected chi connectivity index (χ1v) is 6.03. The van der Waals surface area contributed by atoms with Crippen LogP contribution in [0.25, 0.3) is 0 Å². The summed E-state index contributed by atoms with van der Waals surface area (Å²) in [5, 5.41) is 2.80. The van der Waals surface area contributed by atoms with Gasteiger partial charge in [-0.3, -0.25) is 4.79 Å². The van der Waals surface area contributed by atoms with E-state index in [0.717, 1.165) is 5.56 Å². The van der Waals surface area contributed by atoms with Crippen molar-refractivity contribution in [2.75, 3.05) is 0 Å². The van der Waals surface area contributed by atoms with E-state index in [-0.39, 0.29) is 23.2 Å². The molecule has 4 heteroatoms. The Labute approximate surface area is 108 Å². The van der Waals surface area contributed by atoms with Gasteiger partial charge in [0, 0.05) is 0 Å². The number of rotatable bonds is 3. The van der Waals surface area contributed by atoms with Gasteiger partial charge >= 0.3 is 0 Å². The minimum Gasteiger partial charge on any atom is -0.348 e. The molecule has 3 N–H and O–H groups in total. The van der Waals surface area contributed by atoms with E-state index in [9.17, 15) is 9.18 Å². The van der Waals surface area contributed by atoms with Gasteiger partial charge in [-0.15, -0.1) is 0 Å². The first-order valence-electron chi connectivity index (χ1n) is 6.03. The largest absolute Gasteiger partial charge is 0.348 e. The van der Waals surface area contributed by atoms with E-state index in [1.165, 1.54) is 12.1 Å². The fourth-order valence-corrected chi connectivity index (χ4v) is 1.56. The predicted octanol–water partition coefficient (Wildman–Crippen LogP) is 2.38. The van der Waals surface area contributed by atoms with Crippen LogP contribution in [0.2, 0.25) is 0 Å². The summed E-state index contributed by atoms with van der Waals surface area (Å²) in [5.74, 6) is -0.534. The maximum Gasteiger partial charge on any atom is 0.237 e. The van der Waals surface area contributed by atoms with Crippen molar-refractivity contribution in [3.63, 3.8) is 0 Å². The summed E-state index contributed by atoms with van der Waals surface area (Å²) in [6.45, 7) is 7.53. The summed E-state index contributed by atoms with van der Waals surface area (Å²) in [5.41, 5.74) is 6.29. The van der Waals surface area contributed by atoms with Gasteiger partial charge in [0.25, 0.3) is 0 Å². The highest BCUT2D eigenvalue weighted by Crippen LogP contribution is 2.19. The van der Waals surface area contributed by atoms with Crippen molar-refractivity contribution in [2.24, 2.45) is 11.1 Å². The minimum absolute atomic E-state index is 0.223. The topological polar surface area (TPSA) is 55.1 Å². The van der Waals surface area contributed by atoms with Gasteiger partial charge in [-0.05, 0) is 30.0 Å². The Bertz CT molecular complexity index is 426. The molecule has 1 rings (SSSR count). The zero-order valence-corrected chi connectivity index (χ0v) is 11.3. The molecule has 0 spiro atoms. The first kappa shape index (κ1) is 14.6. The summed E-state index contributed by atoms with van der Waals surface area (Å²) in [4.78, 5) is 11.9. The van der Waals surface area contributed by atoms with Crippen LogP contribution in [0.1, 0.15) is 39.3 Å². The summed E-state index contributed by atoms with van der Waals surface area (Å²) in [6.07, 6.45) is 0. The lowest BCUT2D eigenvalue weighted by Crippen LogP contribution is -2.49. The molecular formula is C14H21FN2O. The number of hydrogen-bond acceptors (Lipinski definition) is 2. The molecule has 3 nitrogen and oxygen atoms in total. The third-order valence-electron chi connectivity index (χ3n) is 2.92. The zero-order valence-electron chi connectivity index (χ0n) is 11.3. The second-order valence-corrected chi connectivity index (χ2v) is 5.63. The third-order valence-corrected chi connectivity index (χ3v) is 2.92. The molecule has 100 valence electrons. The van der Waals surface area contributed by atoms with Gasteiger partial charge in [0.05, 0.1) is 12.1 Å². The second-order valence-electron chi connectivity index (χ2n) is 5.63. The quantitative estimate of drug-likeness (QED) is 0.867. The monoisotopic (exact) mass is 252 g/mol. The standard InChI is InChI=1S/C14H21FN2O/c1-9(10-6-5-7-11(15)8-10)17-13(18)12(16)14(2,3)4/h5-9,12H,16H2,1-4H3,(H,17,18)/t9-,12?/m0/s1. The van der Waals surface area contributed by atoms with Gasteiger partial charge in [0.15, 0.2) is 0 Å². The van der Waals surface area contributed by atoms with E-state index in [1.807, 2.05) is 27.7 Å². The Hall–Kier alpha value is -1.42. The Morgan fingerprint density at radius 1 is 1.39 bits per heavy atom. The average Bonchev–Trinajstić information content (AvgIpc) is 2.26. The van der Waals surface area contributed by atoms with Crippen LogP contribution in [0.5, 0.6) is 0 Å². The Morgan fingerprint density at radius 2 is 2.00 bits per heavy atom. The van der Waals surface area contributed by atoms with Crippen LogP contribution in [0, 0.1) is 11.2 Å². The number of nitrogens with one attached hydrogen (secondary N) is 1. The Kier molecular flexibility index (Phi) is 4.46. The van der Waals surface area contributed by atoms with Crippen LogP contribution in [-0.2, 0) is 4.79 Å². The molecule has 0 radical (unpaired) electrons. The number of carbonyl (C=O) groups is 1. The van der Waals surface area contributed by atoms with E-state index in [0.29, 0.717) is 0 Å². The van der Waals surface area contributed by atoms with Crippen molar-refractivity contribution in [1.82, 2.24) is 5.32 Å². The average molecular weight is 252 g/mol. The highest BCUT2D eigenvalue weighted by molar-refractivity contribution is 5.82. The van der Waals surface area contributed by atoms with Crippen LogP contribution < -0.4 is 11.1 Å².